The number of hydrogen-bond donors (Lipinski definition) is 1. The maximum absolute atomic E-state index is 9.40. The lowest BCUT2D eigenvalue weighted by molar-refractivity contribution is 0.438. The molecule has 0 heterocycles. The van der Waals surface area contributed by atoms with Gasteiger partial charge >= 0.3 is 0 Å². The van der Waals surface area contributed by atoms with E-state index < -0.39 is 0 Å². The zero-order valence-electron chi connectivity index (χ0n) is 15.7. The summed E-state index contributed by atoms with van der Waals surface area (Å²) in [6, 6.07) is 7.73. The van der Waals surface area contributed by atoms with E-state index >= 15 is 0 Å². The lowest BCUT2D eigenvalue weighted by Gasteiger charge is -2.25. The minimum atomic E-state index is 0.215. The van der Waals surface area contributed by atoms with Gasteiger partial charge in [-0.15, -0.1) is 0 Å². The molecule has 0 aliphatic rings. The van der Waals surface area contributed by atoms with Crippen LogP contribution in [0.3, 0.4) is 0 Å². The van der Waals surface area contributed by atoms with Gasteiger partial charge in [0.1, 0.15) is 5.75 Å². The maximum Gasteiger partial charge on any atom is 0.115 e. The molecule has 0 aliphatic carbocycles. The van der Waals surface area contributed by atoms with Crippen LogP contribution in [0.4, 0.5) is 0 Å². The van der Waals surface area contributed by atoms with E-state index in [-0.39, 0.29) is 5.41 Å². The van der Waals surface area contributed by atoms with E-state index in [0.717, 1.165) is 0 Å². The summed E-state index contributed by atoms with van der Waals surface area (Å²) in [5, 5.41) is 9.40. The number of hydrogen-bond acceptors (Lipinski definition) is 1. The molecular weight excluding hydrogens is 280 g/mol. The average molecular weight is 319 g/mol. The molecule has 0 aliphatic heterocycles. The predicted octanol–water partition coefficient (Wildman–Crippen LogP) is 7.37. The number of aromatic hydroxyl groups is 1. The van der Waals surface area contributed by atoms with E-state index in [1.807, 2.05) is 0 Å². The summed E-state index contributed by atoms with van der Waals surface area (Å²) in [5.41, 5.74) is 1.55. The van der Waals surface area contributed by atoms with Crippen LogP contribution in [-0.4, -0.2) is 5.11 Å². The van der Waals surface area contributed by atoms with Crippen LogP contribution in [0.25, 0.3) is 0 Å². The molecule has 0 unspecified atom stereocenters. The largest absolute Gasteiger partial charge is 0.508 e. The van der Waals surface area contributed by atoms with Gasteiger partial charge in [-0.25, -0.2) is 0 Å². The van der Waals surface area contributed by atoms with Crippen molar-refractivity contribution in [1.82, 2.24) is 0 Å². The molecule has 0 saturated carbocycles. The molecule has 1 nitrogen and oxygen atoms in total. The summed E-state index contributed by atoms with van der Waals surface area (Å²) in [5.74, 6) is 0.360. The SMILES string of the molecule is CCCCCCCCCCCCCC(C)(C)c1ccc(O)cc1. The van der Waals surface area contributed by atoms with Crippen LogP contribution >= 0.6 is 0 Å². The molecule has 0 atom stereocenters. The number of phenolic OH excluding ortho intramolecular Hbond substituents is 1. The molecule has 1 N–H and O–H groups in total. The Bertz CT molecular complexity index is 391. The van der Waals surface area contributed by atoms with Gasteiger partial charge in [-0.05, 0) is 29.5 Å². The fourth-order valence-electron chi connectivity index (χ4n) is 3.29. The fraction of sp³-hybridized carbons (Fsp3) is 0.727. The van der Waals surface area contributed by atoms with Crippen molar-refractivity contribution < 1.29 is 5.11 Å². The minimum absolute atomic E-state index is 0.215. The summed E-state index contributed by atoms with van der Waals surface area (Å²) in [7, 11) is 0. The lowest BCUT2D eigenvalue weighted by atomic mass is 9.80. The van der Waals surface area contributed by atoms with Crippen LogP contribution in [-0.2, 0) is 5.41 Å². The molecule has 1 rings (SSSR count). The topological polar surface area (TPSA) is 20.2 Å². The Balaban J connectivity index is 2.02. The van der Waals surface area contributed by atoms with Gasteiger partial charge in [0, 0.05) is 0 Å². The molecule has 132 valence electrons. The molecule has 1 aromatic rings. The molecule has 0 amide bonds. The van der Waals surface area contributed by atoms with Crippen LogP contribution in [0, 0.1) is 0 Å². The number of benzene rings is 1. The monoisotopic (exact) mass is 318 g/mol. The van der Waals surface area contributed by atoms with Crippen LogP contribution in [0.15, 0.2) is 24.3 Å². The highest BCUT2D eigenvalue weighted by molar-refractivity contribution is 5.30. The summed E-state index contributed by atoms with van der Waals surface area (Å²) >= 11 is 0. The third-order valence-electron chi connectivity index (χ3n) is 5.05. The second kappa shape index (κ2) is 11.5. The Hall–Kier alpha value is -0.980. The van der Waals surface area contributed by atoms with Crippen LogP contribution < -0.4 is 0 Å². The zero-order valence-corrected chi connectivity index (χ0v) is 15.7. The van der Waals surface area contributed by atoms with Crippen molar-refractivity contribution in [2.75, 3.05) is 0 Å². The quantitative estimate of drug-likeness (QED) is 0.376. The average Bonchev–Trinajstić information content (AvgIpc) is 2.53. The van der Waals surface area contributed by atoms with Crippen molar-refractivity contribution in [3.05, 3.63) is 29.8 Å². The highest BCUT2D eigenvalue weighted by atomic mass is 16.3. The Morgan fingerprint density at radius 2 is 1.13 bits per heavy atom. The van der Waals surface area contributed by atoms with Gasteiger partial charge in [-0.1, -0.05) is 104 Å². The van der Waals surface area contributed by atoms with E-state index in [0.29, 0.717) is 5.75 Å². The van der Waals surface area contributed by atoms with Crippen molar-refractivity contribution in [3.8, 4) is 5.75 Å². The standard InChI is InChI=1S/C22H38O/c1-4-5-6-7-8-9-10-11-12-13-14-19-22(2,3)20-15-17-21(23)18-16-20/h15-18,23H,4-14,19H2,1-3H3. The van der Waals surface area contributed by atoms with E-state index in [4.69, 9.17) is 0 Å². The molecule has 0 saturated heterocycles. The van der Waals surface area contributed by atoms with E-state index in [1.54, 1.807) is 12.1 Å². The highest BCUT2D eigenvalue weighted by Gasteiger charge is 2.19. The van der Waals surface area contributed by atoms with Crippen LogP contribution in [0.1, 0.15) is 103 Å². The van der Waals surface area contributed by atoms with Crippen molar-refractivity contribution in [1.29, 1.82) is 0 Å². The molecule has 23 heavy (non-hydrogen) atoms. The lowest BCUT2D eigenvalue weighted by Crippen LogP contribution is -2.16. The molecule has 1 aromatic carbocycles. The van der Waals surface area contributed by atoms with E-state index in [9.17, 15) is 5.11 Å². The summed E-state index contributed by atoms with van der Waals surface area (Å²) in [6.45, 7) is 6.91. The molecule has 0 bridgehead atoms. The van der Waals surface area contributed by atoms with Gasteiger partial charge in [-0.2, -0.15) is 0 Å². The molecular formula is C22H38O. The zero-order chi connectivity index (χ0) is 17.0. The Labute approximate surface area is 144 Å². The summed E-state index contributed by atoms with van der Waals surface area (Å²) < 4.78 is 0. The summed E-state index contributed by atoms with van der Waals surface area (Å²) in [6.07, 6.45) is 16.6. The second-order valence-corrected chi connectivity index (χ2v) is 7.72. The van der Waals surface area contributed by atoms with Gasteiger partial charge in [0.05, 0.1) is 0 Å². The second-order valence-electron chi connectivity index (χ2n) is 7.72. The molecule has 0 aromatic heterocycles. The first-order valence-electron chi connectivity index (χ1n) is 9.86. The normalized spacial score (nSPS) is 11.8. The number of rotatable bonds is 13. The smallest absolute Gasteiger partial charge is 0.115 e. The van der Waals surface area contributed by atoms with E-state index in [2.05, 4.69) is 32.9 Å². The fourth-order valence-corrected chi connectivity index (χ4v) is 3.29. The first-order valence-corrected chi connectivity index (χ1v) is 9.86. The predicted molar refractivity (Wildman–Crippen MR) is 102 cm³/mol. The number of phenols is 1. The van der Waals surface area contributed by atoms with Crippen molar-refractivity contribution in [3.63, 3.8) is 0 Å². The van der Waals surface area contributed by atoms with Gasteiger partial charge in [0.15, 0.2) is 0 Å². The third-order valence-corrected chi connectivity index (χ3v) is 5.05. The minimum Gasteiger partial charge on any atom is -0.508 e. The first-order chi connectivity index (χ1) is 11.1. The molecule has 1 heteroatoms. The van der Waals surface area contributed by atoms with Gasteiger partial charge in [0.2, 0.25) is 0 Å². The molecule has 0 radical (unpaired) electrons. The van der Waals surface area contributed by atoms with Crippen molar-refractivity contribution >= 4 is 0 Å². The third kappa shape index (κ3) is 9.03. The van der Waals surface area contributed by atoms with Crippen LogP contribution in [0.2, 0.25) is 0 Å². The van der Waals surface area contributed by atoms with E-state index in [1.165, 1.54) is 82.6 Å². The Morgan fingerprint density at radius 1 is 0.696 bits per heavy atom. The molecule has 0 fully saturated rings. The number of unbranched alkanes of at least 4 members (excludes halogenated alkanes) is 10. The molecule has 0 spiro atoms. The van der Waals surface area contributed by atoms with Crippen molar-refractivity contribution in [2.45, 2.75) is 103 Å². The first kappa shape index (κ1) is 20.1. The Morgan fingerprint density at radius 3 is 1.61 bits per heavy atom. The van der Waals surface area contributed by atoms with Gasteiger partial charge in [-0.3, -0.25) is 0 Å². The highest BCUT2D eigenvalue weighted by Crippen LogP contribution is 2.30. The van der Waals surface area contributed by atoms with Gasteiger partial charge < -0.3 is 5.11 Å². The van der Waals surface area contributed by atoms with Crippen LogP contribution in [0.5, 0.6) is 5.75 Å². The van der Waals surface area contributed by atoms with Crippen molar-refractivity contribution in [2.24, 2.45) is 0 Å². The Kier molecular flexibility index (Phi) is 10.1. The summed E-state index contributed by atoms with van der Waals surface area (Å²) in [4.78, 5) is 0. The maximum atomic E-state index is 9.40. The van der Waals surface area contributed by atoms with Gasteiger partial charge in [0.25, 0.3) is 0 Å².